The molecule has 0 saturated heterocycles. The number of hydrogen-bond donors (Lipinski definition) is 1. The number of nitrogens with one attached hydrogen (secondary N) is 1. The number of hydrogen-bond acceptors (Lipinski definition) is 3. The van der Waals surface area contributed by atoms with Gasteiger partial charge in [-0.25, -0.2) is 4.98 Å². The van der Waals surface area contributed by atoms with E-state index >= 15 is 0 Å². The maximum absolute atomic E-state index is 11.4. The Labute approximate surface area is 120 Å². The van der Waals surface area contributed by atoms with E-state index in [4.69, 9.17) is 4.74 Å². The Kier molecular flexibility index (Phi) is 3.82. The molecule has 1 aromatic carbocycles. The molecule has 0 aliphatic rings. The summed E-state index contributed by atoms with van der Waals surface area (Å²) < 4.78 is 6.85. The topological polar surface area (TPSA) is 55.0 Å². The van der Waals surface area contributed by atoms with E-state index in [9.17, 15) is 4.79 Å². The van der Waals surface area contributed by atoms with Gasteiger partial charge in [-0.05, 0) is 63.1 Å². The number of benzene rings is 1. The molecule has 0 radical (unpaired) electrons. The molecule has 1 aromatic heterocycles. The highest BCUT2D eigenvalue weighted by Crippen LogP contribution is 2.30. The van der Waals surface area contributed by atoms with Crippen LogP contribution in [0.1, 0.15) is 5.56 Å². The van der Waals surface area contributed by atoms with E-state index in [1.54, 1.807) is 0 Å². The third kappa shape index (κ3) is 2.86. The first-order chi connectivity index (χ1) is 8.08. The van der Waals surface area contributed by atoms with Crippen LogP contribution < -0.4 is 10.3 Å². The van der Waals surface area contributed by atoms with E-state index in [0.29, 0.717) is 15.2 Å². The lowest BCUT2D eigenvalue weighted by atomic mass is 10.2. The van der Waals surface area contributed by atoms with Gasteiger partial charge in [0.15, 0.2) is 0 Å². The molecule has 0 fully saturated rings. The van der Waals surface area contributed by atoms with Crippen molar-refractivity contribution in [3.63, 3.8) is 0 Å². The molecule has 0 bridgehead atoms. The SMILES string of the molecule is Cc1ccc(Oc2nc[nH]c(=O)c2I)c(Br)c1. The Morgan fingerprint density at radius 2 is 2.24 bits per heavy atom. The molecule has 88 valence electrons. The van der Waals surface area contributed by atoms with E-state index in [1.165, 1.54) is 6.33 Å². The van der Waals surface area contributed by atoms with Crippen molar-refractivity contribution in [2.75, 3.05) is 0 Å². The Morgan fingerprint density at radius 3 is 2.94 bits per heavy atom. The number of rotatable bonds is 2. The number of aromatic amines is 1. The van der Waals surface area contributed by atoms with Gasteiger partial charge in [-0.3, -0.25) is 4.79 Å². The van der Waals surface area contributed by atoms with Crippen molar-refractivity contribution < 1.29 is 4.74 Å². The monoisotopic (exact) mass is 406 g/mol. The Bertz CT molecular complexity index is 613. The van der Waals surface area contributed by atoms with Gasteiger partial charge in [0.1, 0.15) is 9.32 Å². The summed E-state index contributed by atoms with van der Waals surface area (Å²) in [4.78, 5) is 17.8. The average molecular weight is 407 g/mol. The fourth-order valence-corrected chi connectivity index (χ4v) is 2.21. The third-order valence-electron chi connectivity index (χ3n) is 2.06. The quantitative estimate of drug-likeness (QED) is 0.779. The standard InChI is InChI=1S/C11H8BrIN2O2/c1-6-2-3-8(7(12)4-6)17-11-9(13)10(16)14-5-15-11/h2-5H,1H3,(H,14,15,16). The van der Waals surface area contributed by atoms with Gasteiger partial charge in [0, 0.05) is 0 Å². The summed E-state index contributed by atoms with van der Waals surface area (Å²) in [6.07, 6.45) is 1.32. The summed E-state index contributed by atoms with van der Waals surface area (Å²) in [6, 6.07) is 5.70. The lowest BCUT2D eigenvalue weighted by Crippen LogP contribution is -2.11. The second-order valence-corrected chi connectivity index (χ2v) is 5.32. The van der Waals surface area contributed by atoms with Crippen LogP contribution in [0.4, 0.5) is 0 Å². The summed E-state index contributed by atoms with van der Waals surface area (Å²) in [6.45, 7) is 1.99. The van der Waals surface area contributed by atoms with Crippen LogP contribution in [0.3, 0.4) is 0 Å². The smallest absolute Gasteiger partial charge is 0.268 e. The normalized spacial score (nSPS) is 10.3. The first-order valence-electron chi connectivity index (χ1n) is 4.75. The molecule has 0 saturated carbocycles. The van der Waals surface area contributed by atoms with Crippen LogP contribution in [0.25, 0.3) is 0 Å². The van der Waals surface area contributed by atoms with E-state index < -0.39 is 0 Å². The zero-order valence-electron chi connectivity index (χ0n) is 8.83. The van der Waals surface area contributed by atoms with Crippen molar-refractivity contribution in [1.29, 1.82) is 0 Å². The Balaban J connectivity index is 2.38. The molecule has 2 aromatic rings. The van der Waals surface area contributed by atoms with Crippen LogP contribution >= 0.6 is 38.5 Å². The van der Waals surface area contributed by atoms with Crippen molar-refractivity contribution in [1.82, 2.24) is 9.97 Å². The van der Waals surface area contributed by atoms with Gasteiger partial charge in [-0.1, -0.05) is 6.07 Å². The molecule has 2 rings (SSSR count). The Morgan fingerprint density at radius 1 is 1.47 bits per heavy atom. The summed E-state index contributed by atoms with van der Waals surface area (Å²) in [5.41, 5.74) is 0.914. The molecule has 17 heavy (non-hydrogen) atoms. The molecular weight excluding hydrogens is 399 g/mol. The number of aryl methyl sites for hydroxylation is 1. The second kappa shape index (κ2) is 5.18. The highest BCUT2D eigenvalue weighted by atomic mass is 127. The van der Waals surface area contributed by atoms with Crippen molar-refractivity contribution in [2.24, 2.45) is 0 Å². The largest absolute Gasteiger partial charge is 0.436 e. The minimum Gasteiger partial charge on any atom is -0.436 e. The molecule has 6 heteroatoms. The third-order valence-corrected chi connectivity index (χ3v) is 3.63. The van der Waals surface area contributed by atoms with E-state index in [2.05, 4.69) is 25.9 Å². The maximum Gasteiger partial charge on any atom is 0.268 e. The average Bonchev–Trinajstić information content (AvgIpc) is 2.28. The molecule has 0 atom stereocenters. The van der Waals surface area contributed by atoms with Crippen molar-refractivity contribution in [3.05, 3.63) is 48.5 Å². The zero-order chi connectivity index (χ0) is 12.4. The lowest BCUT2D eigenvalue weighted by Gasteiger charge is -2.08. The van der Waals surface area contributed by atoms with Crippen LogP contribution in [-0.2, 0) is 0 Å². The predicted molar refractivity (Wildman–Crippen MR) is 76.5 cm³/mol. The fraction of sp³-hybridized carbons (Fsp3) is 0.0909. The molecule has 1 heterocycles. The van der Waals surface area contributed by atoms with Gasteiger partial charge >= 0.3 is 0 Å². The first kappa shape index (κ1) is 12.6. The summed E-state index contributed by atoms with van der Waals surface area (Å²) in [7, 11) is 0. The number of ether oxygens (including phenoxy) is 1. The van der Waals surface area contributed by atoms with E-state index in [-0.39, 0.29) is 5.56 Å². The van der Waals surface area contributed by atoms with Gasteiger partial charge in [-0.2, -0.15) is 0 Å². The molecule has 0 aliphatic carbocycles. The van der Waals surface area contributed by atoms with Crippen molar-refractivity contribution >= 4 is 38.5 Å². The van der Waals surface area contributed by atoms with Crippen molar-refractivity contribution in [2.45, 2.75) is 6.92 Å². The van der Waals surface area contributed by atoms with Crippen LogP contribution in [-0.4, -0.2) is 9.97 Å². The van der Waals surface area contributed by atoms with Crippen LogP contribution in [0.2, 0.25) is 0 Å². The van der Waals surface area contributed by atoms with Crippen molar-refractivity contribution in [3.8, 4) is 11.6 Å². The lowest BCUT2D eigenvalue weighted by molar-refractivity contribution is 0.453. The van der Waals surface area contributed by atoms with Crippen LogP contribution in [0, 0.1) is 10.5 Å². The molecule has 1 N–H and O–H groups in total. The summed E-state index contributed by atoms with van der Waals surface area (Å²) in [5, 5.41) is 0. The molecular formula is C11H8BrIN2O2. The van der Waals surface area contributed by atoms with Crippen LogP contribution in [0.5, 0.6) is 11.6 Å². The fourth-order valence-electron chi connectivity index (χ4n) is 1.23. The number of nitrogens with zero attached hydrogens (tertiary/aromatic N) is 1. The molecule has 0 spiro atoms. The van der Waals surface area contributed by atoms with Gasteiger partial charge in [0.25, 0.3) is 5.56 Å². The van der Waals surface area contributed by atoms with E-state index in [0.717, 1.165) is 10.0 Å². The number of H-pyrrole nitrogens is 1. The first-order valence-corrected chi connectivity index (χ1v) is 6.62. The molecule has 0 amide bonds. The van der Waals surface area contributed by atoms with Gasteiger partial charge < -0.3 is 9.72 Å². The van der Waals surface area contributed by atoms with Gasteiger partial charge in [0.05, 0.1) is 10.8 Å². The number of halogens is 2. The second-order valence-electron chi connectivity index (χ2n) is 3.39. The highest BCUT2D eigenvalue weighted by molar-refractivity contribution is 14.1. The van der Waals surface area contributed by atoms with Gasteiger partial charge in [-0.15, -0.1) is 0 Å². The summed E-state index contributed by atoms with van der Waals surface area (Å²) in [5.74, 6) is 0.936. The minimum absolute atomic E-state index is 0.209. The highest BCUT2D eigenvalue weighted by Gasteiger charge is 2.09. The molecule has 0 aliphatic heterocycles. The minimum atomic E-state index is -0.209. The number of aromatic nitrogens is 2. The van der Waals surface area contributed by atoms with E-state index in [1.807, 2.05) is 47.7 Å². The summed E-state index contributed by atoms with van der Waals surface area (Å²) >= 11 is 5.31. The van der Waals surface area contributed by atoms with Crippen LogP contribution in [0.15, 0.2) is 33.8 Å². The molecule has 4 nitrogen and oxygen atoms in total. The Hall–Kier alpha value is -0.890. The van der Waals surface area contributed by atoms with Gasteiger partial charge in [0.2, 0.25) is 5.88 Å². The zero-order valence-corrected chi connectivity index (χ0v) is 12.6. The maximum atomic E-state index is 11.4. The molecule has 0 unspecified atom stereocenters. The predicted octanol–water partition coefficient (Wildman–Crippen LogP) is 3.24.